The number of hydrogen-bond acceptors (Lipinski definition) is 9. The highest BCUT2D eigenvalue weighted by molar-refractivity contribution is 7.86. The number of benzene rings is 2. The fourth-order valence-electron chi connectivity index (χ4n) is 3.25. The Hall–Kier alpha value is -3.44. The number of anilines is 2. The molecule has 5 N–H and O–H groups in total. The van der Waals surface area contributed by atoms with Gasteiger partial charge in [0.05, 0.1) is 6.67 Å². The second-order valence-electron chi connectivity index (χ2n) is 7.43. The summed E-state index contributed by atoms with van der Waals surface area (Å²) >= 11 is 3.99. The van der Waals surface area contributed by atoms with Crippen molar-refractivity contribution in [3.05, 3.63) is 47.5 Å². The number of nitrogens with one attached hydrogen (secondary N) is 2. The van der Waals surface area contributed by atoms with Crippen LogP contribution in [0, 0.1) is 0 Å². The first kappa shape index (κ1) is 29.8. The lowest BCUT2D eigenvalue weighted by atomic mass is 10.1. The molecule has 0 bridgehead atoms. The van der Waals surface area contributed by atoms with Gasteiger partial charge in [0.2, 0.25) is 12.3 Å². The lowest BCUT2D eigenvalue weighted by Crippen LogP contribution is -2.47. The van der Waals surface area contributed by atoms with Gasteiger partial charge in [-0.3, -0.25) is 18.7 Å². The molecule has 0 unspecified atom stereocenters. The van der Waals surface area contributed by atoms with Crippen LogP contribution in [0.4, 0.5) is 11.4 Å². The van der Waals surface area contributed by atoms with Crippen molar-refractivity contribution in [2.45, 2.75) is 22.8 Å². The maximum Gasteiger partial charge on any atom is 0.327 e. The Bertz CT molecular complexity index is 1440. The van der Waals surface area contributed by atoms with Gasteiger partial charge in [-0.15, -0.1) is 0 Å². The molecule has 0 aliphatic heterocycles. The molecule has 0 fully saturated rings. The van der Waals surface area contributed by atoms with Gasteiger partial charge in [0.25, 0.3) is 20.2 Å². The highest BCUT2D eigenvalue weighted by atomic mass is 32.2. The summed E-state index contributed by atoms with van der Waals surface area (Å²) in [6.07, 6.45) is 2.62. The number of carbonyl (C=O) groups is 3. The van der Waals surface area contributed by atoms with Crippen molar-refractivity contribution >= 4 is 74.7 Å². The first-order valence-corrected chi connectivity index (χ1v) is 13.7. The van der Waals surface area contributed by atoms with Gasteiger partial charge in [-0.05, 0) is 35.4 Å². The van der Waals surface area contributed by atoms with Crippen molar-refractivity contribution in [2.24, 2.45) is 0 Å². The number of nitrogens with zero attached hydrogens (tertiary/aromatic N) is 1. The molecule has 2 rings (SSSR count). The summed E-state index contributed by atoms with van der Waals surface area (Å²) in [5, 5.41) is 14.1. The standard InChI is InChI=1S/C21H23N3O10S3/c1-13(26)23-16-6-4-14(19(8-16)36(29,30)31)2-3-15-5-7-17(9-20(15)37(32,33)34)24(11-22-12-25)18(10-35)21(27)28/h2-9,12,18,35H,10-11H2,1H3,(H,22,25)(H,23,26)(H,27,28)(H,29,30,31)(H,32,33,34)/t18-/m0/s1. The number of rotatable bonds is 12. The molecule has 13 nitrogen and oxygen atoms in total. The van der Waals surface area contributed by atoms with Crippen LogP contribution in [0.15, 0.2) is 46.2 Å². The van der Waals surface area contributed by atoms with Crippen LogP contribution in [-0.4, -0.2) is 67.8 Å². The van der Waals surface area contributed by atoms with Gasteiger partial charge in [0.15, 0.2) is 0 Å². The molecule has 37 heavy (non-hydrogen) atoms. The van der Waals surface area contributed by atoms with Crippen LogP contribution in [0.5, 0.6) is 0 Å². The Labute approximate surface area is 218 Å². The van der Waals surface area contributed by atoms with Crippen LogP contribution in [0.2, 0.25) is 0 Å². The summed E-state index contributed by atoms with van der Waals surface area (Å²) in [4.78, 5) is 33.6. The van der Waals surface area contributed by atoms with Gasteiger partial charge >= 0.3 is 5.97 Å². The van der Waals surface area contributed by atoms with Gasteiger partial charge < -0.3 is 20.6 Å². The summed E-state index contributed by atoms with van der Waals surface area (Å²) in [7, 11) is -9.63. The number of carbonyl (C=O) groups excluding carboxylic acids is 2. The number of carboxylic acids is 1. The average molecular weight is 574 g/mol. The van der Waals surface area contributed by atoms with Crippen LogP contribution < -0.4 is 15.5 Å². The SMILES string of the molecule is CC(=O)Nc1ccc(C=Cc2ccc(N(CNC=O)[C@@H](CS)C(=O)O)cc2S(=O)(=O)O)c(S(=O)(=O)O)c1. The van der Waals surface area contributed by atoms with E-state index in [1.807, 2.05) is 0 Å². The molecule has 1 atom stereocenters. The van der Waals surface area contributed by atoms with Gasteiger partial charge in [-0.25, -0.2) is 4.79 Å². The van der Waals surface area contributed by atoms with Crippen LogP contribution in [-0.2, 0) is 34.6 Å². The molecule has 16 heteroatoms. The third-order valence-electron chi connectivity index (χ3n) is 4.84. The molecular weight excluding hydrogens is 550 g/mol. The molecule has 200 valence electrons. The Kier molecular flexibility index (Phi) is 9.82. The van der Waals surface area contributed by atoms with Crippen molar-refractivity contribution in [2.75, 3.05) is 22.6 Å². The van der Waals surface area contributed by atoms with Crippen molar-refractivity contribution in [1.82, 2.24) is 5.32 Å². The number of thiol groups is 1. The summed E-state index contributed by atoms with van der Waals surface area (Å²) in [5.74, 6) is -1.99. The van der Waals surface area contributed by atoms with Crippen LogP contribution in [0.3, 0.4) is 0 Å². The average Bonchev–Trinajstić information content (AvgIpc) is 2.79. The van der Waals surface area contributed by atoms with E-state index in [0.717, 1.165) is 29.2 Å². The molecule has 0 aliphatic carbocycles. The third-order valence-corrected chi connectivity index (χ3v) is 7.00. The molecule has 0 aromatic heterocycles. The van der Waals surface area contributed by atoms with Crippen molar-refractivity contribution in [3.8, 4) is 0 Å². The second-order valence-corrected chi connectivity index (χ2v) is 10.6. The minimum Gasteiger partial charge on any atom is -0.480 e. The predicted molar refractivity (Wildman–Crippen MR) is 138 cm³/mol. The molecule has 2 amide bonds. The van der Waals surface area contributed by atoms with Crippen molar-refractivity contribution in [3.63, 3.8) is 0 Å². The third kappa shape index (κ3) is 8.02. The quantitative estimate of drug-likeness (QED) is 0.0699. The zero-order chi connectivity index (χ0) is 28.0. The van der Waals surface area contributed by atoms with Crippen LogP contribution >= 0.6 is 12.6 Å². The number of amides is 2. The Morgan fingerprint density at radius 2 is 1.54 bits per heavy atom. The minimum atomic E-state index is -4.88. The van der Waals surface area contributed by atoms with E-state index in [9.17, 15) is 45.4 Å². The van der Waals surface area contributed by atoms with E-state index in [-0.39, 0.29) is 34.9 Å². The lowest BCUT2D eigenvalue weighted by molar-refractivity contribution is -0.138. The van der Waals surface area contributed by atoms with E-state index in [4.69, 9.17) is 0 Å². The van der Waals surface area contributed by atoms with E-state index in [1.54, 1.807) is 0 Å². The molecule has 0 heterocycles. The Morgan fingerprint density at radius 3 is 2.00 bits per heavy atom. The van der Waals surface area contributed by atoms with Gasteiger partial charge in [-0.2, -0.15) is 29.5 Å². The number of hydrogen-bond donors (Lipinski definition) is 6. The molecule has 0 spiro atoms. The van der Waals surface area contributed by atoms with E-state index in [1.165, 1.54) is 31.2 Å². The summed E-state index contributed by atoms with van der Waals surface area (Å²) < 4.78 is 67.4. The first-order valence-electron chi connectivity index (χ1n) is 10.1. The Morgan fingerprint density at radius 1 is 1.00 bits per heavy atom. The minimum absolute atomic E-state index is 0.0128. The molecule has 0 aliphatic rings. The number of aliphatic carboxylic acids is 1. The predicted octanol–water partition coefficient (Wildman–Crippen LogP) is 1.20. The highest BCUT2D eigenvalue weighted by Gasteiger charge is 2.26. The molecule has 2 aromatic carbocycles. The molecule has 0 radical (unpaired) electrons. The van der Waals surface area contributed by atoms with Crippen LogP contribution in [0.1, 0.15) is 18.1 Å². The first-order chi connectivity index (χ1) is 17.2. The van der Waals surface area contributed by atoms with E-state index in [0.29, 0.717) is 6.41 Å². The number of carboxylic acid groups (broad SMARTS) is 1. The molecule has 0 saturated carbocycles. The summed E-state index contributed by atoms with van der Waals surface area (Å²) in [6, 6.07) is 5.86. The molecular formula is C21H23N3O10S3. The largest absolute Gasteiger partial charge is 0.480 e. The monoisotopic (exact) mass is 573 g/mol. The van der Waals surface area contributed by atoms with Crippen molar-refractivity contribution < 1.29 is 45.4 Å². The highest BCUT2D eigenvalue weighted by Crippen LogP contribution is 2.28. The lowest BCUT2D eigenvalue weighted by Gasteiger charge is -2.30. The van der Waals surface area contributed by atoms with Gasteiger partial charge in [0, 0.05) is 24.1 Å². The summed E-state index contributed by atoms with van der Waals surface area (Å²) in [5.41, 5.74) is -0.0837. The fraction of sp³-hybridized carbons (Fsp3) is 0.190. The van der Waals surface area contributed by atoms with E-state index < -0.39 is 47.9 Å². The smallest absolute Gasteiger partial charge is 0.327 e. The maximum absolute atomic E-state index is 12.1. The van der Waals surface area contributed by atoms with Crippen molar-refractivity contribution in [1.29, 1.82) is 0 Å². The molecule has 0 saturated heterocycles. The van der Waals surface area contributed by atoms with E-state index in [2.05, 4.69) is 23.3 Å². The van der Waals surface area contributed by atoms with Crippen LogP contribution in [0.25, 0.3) is 12.2 Å². The second kappa shape index (κ2) is 12.2. The van der Waals surface area contributed by atoms with Gasteiger partial charge in [-0.1, -0.05) is 24.3 Å². The Balaban J connectivity index is 2.63. The fourth-order valence-corrected chi connectivity index (χ4v) is 5.01. The van der Waals surface area contributed by atoms with E-state index >= 15 is 0 Å². The van der Waals surface area contributed by atoms with Gasteiger partial charge in [0.1, 0.15) is 15.8 Å². The topological polar surface area (TPSA) is 207 Å². The maximum atomic E-state index is 12.1. The summed E-state index contributed by atoms with van der Waals surface area (Å²) in [6.45, 7) is 0.881. The zero-order valence-electron chi connectivity index (χ0n) is 19.1. The zero-order valence-corrected chi connectivity index (χ0v) is 21.6. The normalized spacial score (nSPS) is 12.6. The molecule has 2 aromatic rings.